The number of hydrogen-bond donors (Lipinski definition) is 0. The Morgan fingerprint density at radius 2 is 1.36 bits per heavy atom. The first-order valence-corrected chi connectivity index (χ1v) is 7.59. The van der Waals surface area contributed by atoms with Gasteiger partial charge in [0.2, 0.25) is 0 Å². The molecule has 1 fully saturated rings. The molecule has 110 valence electrons. The van der Waals surface area contributed by atoms with Crippen LogP contribution in [-0.4, -0.2) is 11.6 Å². The van der Waals surface area contributed by atoms with E-state index in [2.05, 4.69) is 0 Å². The Kier molecular flexibility index (Phi) is 4.29. The van der Waals surface area contributed by atoms with Gasteiger partial charge in [0.15, 0.2) is 11.6 Å². The SMILES string of the molecule is O=C1CC(c2ccccc2)CC(=O)C1=CCc1ccccc1. The second kappa shape index (κ2) is 6.52. The molecule has 0 heterocycles. The summed E-state index contributed by atoms with van der Waals surface area (Å²) in [5.74, 6) is -0.0304. The van der Waals surface area contributed by atoms with E-state index >= 15 is 0 Å². The van der Waals surface area contributed by atoms with Crippen LogP contribution in [-0.2, 0) is 16.0 Å². The predicted molar refractivity (Wildman–Crippen MR) is 86.7 cm³/mol. The molecule has 1 saturated carbocycles. The molecule has 1 aliphatic rings. The van der Waals surface area contributed by atoms with E-state index < -0.39 is 0 Å². The normalized spacial score (nSPS) is 18.4. The summed E-state index contributed by atoms with van der Waals surface area (Å²) in [6, 6.07) is 19.7. The van der Waals surface area contributed by atoms with Crippen molar-refractivity contribution in [2.24, 2.45) is 0 Å². The summed E-state index contributed by atoms with van der Waals surface area (Å²) in [4.78, 5) is 24.6. The number of ketones is 2. The second-order valence-electron chi connectivity index (χ2n) is 5.67. The molecule has 0 bridgehead atoms. The van der Waals surface area contributed by atoms with Crippen molar-refractivity contribution in [3.63, 3.8) is 0 Å². The third-order valence-corrected chi connectivity index (χ3v) is 4.12. The first-order valence-electron chi connectivity index (χ1n) is 7.59. The van der Waals surface area contributed by atoms with Gasteiger partial charge in [-0.05, 0) is 23.5 Å². The number of hydrogen-bond acceptors (Lipinski definition) is 2. The molecule has 0 aliphatic heterocycles. The van der Waals surface area contributed by atoms with E-state index in [0.717, 1.165) is 11.1 Å². The molecule has 0 aromatic heterocycles. The molecule has 2 heteroatoms. The lowest BCUT2D eigenvalue weighted by atomic mass is 9.79. The predicted octanol–water partition coefficient (Wildman–Crippen LogP) is 3.87. The van der Waals surface area contributed by atoms with Crippen LogP contribution in [0, 0.1) is 0 Å². The van der Waals surface area contributed by atoms with E-state index in [9.17, 15) is 9.59 Å². The van der Waals surface area contributed by atoms with E-state index in [-0.39, 0.29) is 17.5 Å². The van der Waals surface area contributed by atoms with Gasteiger partial charge in [0.25, 0.3) is 0 Å². The lowest BCUT2D eigenvalue weighted by Crippen LogP contribution is -2.25. The maximum atomic E-state index is 12.3. The zero-order valence-corrected chi connectivity index (χ0v) is 12.4. The minimum atomic E-state index is -0.0268. The van der Waals surface area contributed by atoms with Crippen LogP contribution in [0.25, 0.3) is 0 Å². The van der Waals surface area contributed by atoms with Gasteiger partial charge in [0.05, 0.1) is 5.57 Å². The molecule has 0 atom stereocenters. The highest BCUT2D eigenvalue weighted by molar-refractivity contribution is 6.22. The molecule has 2 aromatic rings. The number of benzene rings is 2. The van der Waals surface area contributed by atoms with Crippen LogP contribution in [0.2, 0.25) is 0 Å². The highest BCUT2D eigenvalue weighted by atomic mass is 16.1. The van der Waals surface area contributed by atoms with Crippen molar-refractivity contribution in [3.8, 4) is 0 Å². The van der Waals surface area contributed by atoms with E-state index in [4.69, 9.17) is 0 Å². The first-order chi connectivity index (χ1) is 10.7. The minimum Gasteiger partial charge on any atom is -0.294 e. The van der Waals surface area contributed by atoms with Crippen molar-refractivity contribution in [1.29, 1.82) is 0 Å². The van der Waals surface area contributed by atoms with Crippen molar-refractivity contribution >= 4 is 11.6 Å². The van der Waals surface area contributed by atoms with E-state index in [1.165, 1.54) is 0 Å². The molecule has 0 spiro atoms. The number of carbonyl (C=O) groups is 2. The van der Waals surface area contributed by atoms with Gasteiger partial charge < -0.3 is 0 Å². The fourth-order valence-corrected chi connectivity index (χ4v) is 2.92. The second-order valence-corrected chi connectivity index (χ2v) is 5.67. The molecular weight excluding hydrogens is 272 g/mol. The molecule has 0 N–H and O–H groups in total. The molecular formula is C20H18O2. The standard InChI is InChI=1S/C20H18O2/c21-19-13-17(16-9-5-2-6-10-16)14-20(22)18(19)12-11-15-7-3-1-4-8-15/h1-10,12,17H,11,13-14H2. The Morgan fingerprint density at radius 1 is 0.818 bits per heavy atom. The Balaban J connectivity index is 1.74. The summed E-state index contributed by atoms with van der Waals surface area (Å²) in [5.41, 5.74) is 2.57. The van der Waals surface area contributed by atoms with Crippen LogP contribution < -0.4 is 0 Å². The number of Topliss-reactive ketones (excluding diaryl/α,β-unsaturated/α-hetero) is 2. The Hall–Kier alpha value is -2.48. The van der Waals surface area contributed by atoms with E-state index in [1.54, 1.807) is 6.08 Å². The molecule has 1 aliphatic carbocycles. The third-order valence-electron chi connectivity index (χ3n) is 4.12. The Morgan fingerprint density at radius 3 is 1.95 bits per heavy atom. The Bertz CT molecular complexity index is 679. The van der Waals surface area contributed by atoms with Crippen molar-refractivity contribution in [2.75, 3.05) is 0 Å². The largest absolute Gasteiger partial charge is 0.294 e. The first kappa shape index (κ1) is 14.5. The highest BCUT2D eigenvalue weighted by Gasteiger charge is 2.30. The summed E-state index contributed by atoms with van der Waals surface area (Å²) in [6.45, 7) is 0. The molecule has 0 amide bonds. The van der Waals surface area contributed by atoms with Gasteiger partial charge >= 0.3 is 0 Å². The van der Waals surface area contributed by atoms with Crippen molar-refractivity contribution < 1.29 is 9.59 Å². The fraction of sp³-hybridized carbons (Fsp3) is 0.200. The lowest BCUT2D eigenvalue weighted by Gasteiger charge is -2.22. The topological polar surface area (TPSA) is 34.1 Å². The smallest absolute Gasteiger partial charge is 0.166 e. The summed E-state index contributed by atoms with van der Waals surface area (Å²) >= 11 is 0. The van der Waals surface area contributed by atoms with Crippen LogP contribution in [0.5, 0.6) is 0 Å². The zero-order valence-electron chi connectivity index (χ0n) is 12.4. The Labute approximate surface area is 130 Å². The van der Waals surface area contributed by atoms with Gasteiger partial charge in [-0.15, -0.1) is 0 Å². The van der Waals surface area contributed by atoms with Crippen molar-refractivity contribution in [2.45, 2.75) is 25.2 Å². The number of carbonyl (C=O) groups excluding carboxylic acids is 2. The molecule has 22 heavy (non-hydrogen) atoms. The van der Waals surface area contributed by atoms with Gasteiger partial charge in [0.1, 0.15) is 0 Å². The van der Waals surface area contributed by atoms with Gasteiger partial charge in [0, 0.05) is 12.8 Å². The third kappa shape index (κ3) is 3.22. The van der Waals surface area contributed by atoms with Gasteiger partial charge in [-0.2, -0.15) is 0 Å². The number of rotatable bonds is 3. The quantitative estimate of drug-likeness (QED) is 0.635. The van der Waals surface area contributed by atoms with Crippen LogP contribution in [0.4, 0.5) is 0 Å². The minimum absolute atomic E-state index is 0.0232. The van der Waals surface area contributed by atoms with Crippen LogP contribution in [0.3, 0.4) is 0 Å². The zero-order chi connectivity index (χ0) is 15.4. The fourth-order valence-electron chi connectivity index (χ4n) is 2.92. The highest BCUT2D eigenvalue weighted by Crippen LogP contribution is 2.31. The summed E-state index contributed by atoms with van der Waals surface area (Å²) in [7, 11) is 0. The maximum absolute atomic E-state index is 12.3. The van der Waals surface area contributed by atoms with Crippen molar-refractivity contribution in [3.05, 3.63) is 83.4 Å². The van der Waals surface area contributed by atoms with Gasteiger partial charge in [-0.25, -0.2) is 0 Å². The molecule has 3 rings (SSSR count). The molecule has 2 aromatic carbocycles. The lowest BCUT2D eigenvalue weighted by molar-refractivity contribution is -0.124. The van der Waals surface area contributed by atoms with E-state index in [0.29, 0.717) is 24.8 Å². The maximum Gasteiger partial charge on any atom is 0.166 e. The summed E-state index contributed by atoms with van der Waals surface area (Å²) in [5, 5.41) is 0. The average Bonchev–Trinajstić information content (AvgIpc) is 2.56. The molecule has 0 radical (unpaired) electrons. The molecule has 0 unspecified atom stereocenters. The summed E-state index contributed by atoms with van der Waals surface area (Å²) in [6.07, 6.45) is 3.28. The van der Waals surface area contributed by atoms with Crippen molar-refractivity contribution in [1.82, 2.24) is 0 Å². The molecule has 0 saturated heterocycles. The molecule has 2 nitrogen and oxygen atoms in total. The monoisotopic (exact) mass is 290 g/mol. The number of allylic oxidation sites excluding steroid dienone is 2. The summed E-state index contributed by atoms with van der Waals surface area (Å²) < 4.78 is 0. The van der Waals surface area contributed by atoms with E-state index in [1.807, 2.05) is 60.7 Å². The van der Waals surface area contributed by atoms with Crippen LogP contribution in [0.1, 0.15) is 29.9 Å². The van der Waals surface area contributed by atoms with Crippen LogP contribution in [0.15, 0.2) is 72.3 Å². The van der Waals surface area contributed by atoms with Gasteiger partial charge in [-0.3, -0.25) is 9.59 Å². The van der Waals surface area contributed by atoms with Gasteiger partial charge in [-0.1, -0.05) is 66.7 Å². The van der Waals surface area contributed by atoms with Crippen LogP contribution >= 0.6 is 0 Å². The average molecular weight is 290 g/mol.